The largest absolute Gasteiger partial charge is 0.756 e. The van der Waals surface area contributed by atoms with E-state index in [9.17, 15) is 19.0 Å². The molecule has 0 aromatic rings. The van der Waals surface area contributed by atoms with Crippen molar-refractivity contribution in [1.82, 2.24) is 5.32 Å². The second-order valence-electron chi connectivity index (χ2n) is 20.0. The molecule has 9 nitrogen and oxygen atoms in total. The van der Waals surface area contributed by atoms with Crippen LogP contribution in [0.5, 0.6) is 0 Å². The molecule has 0 bridgehead atoms. The number of nitrogens with one attached hydrogen (secondary N) is 1. The Kier molecular flexibility index (Phi) is 50.9. The molecule has 3 atom stereocenters. The normalized spacial score (nSPS) is 14.9. The van der Waals surface area contributed by atoms with Gasteiger partial charge in [-0.25, -0.2) is 0 Å². The molecule has 0 heterocycles. The predicted molar refractivity (Wildman–Crippen MR) is 325 cm³/mol. The number of hydrogen-bond donors (Lipinski definition) is 1. The number of nitrogens with zero attached hydrogens (tertiary/aromatic N) is 1. The number of allylic oxidation sites excluding steroid dienone is 25. The van der Waals surface area contributed by atoms with Gasteiger partial charge in [0, 0.05) is 12.8 Å². The van der Waals surface area contributed by atoms with Gasteiger partial charge in [-0.05, 0) is 109 Å². The van der Waals surface area contributed by atoms with E-state index in [0.29, 0.717) is 23.9 Å². The van der Waals surface area contributed by atoms with Crippen LogP contribution in [0.1, 0.15) is 194 Å². The number of rotatable bonds is 50. The van der Waals surface area contributed by atoms with E-state index in [-0.39, 0.29) is 25.4 Å². The third kappa shape index (κ3) is 54.4. The first kappa shape index (κ1) is 71.6. The first-order chi connectivity index (χ1) is 36.9. The van der Waals surface area contributed by atoms with Crippen LogP contribution in [0.15, 0.2) is 158 Å². The molecule has 428 valence electrons. The molecule has 0 fully saturated rings. The van der Waals surface area contributed by atoms with E-state index >= 15 is 0 Å². The van der Waals surface area contributed by atoms with Crippen molar-refractivity contribution in [2.75, 3.05) is 40.9 Å². The quantitative estimate of drug-likeness (QED) is 0.0212. The second kappa shape index (κ2) is 54.0. The summed E-state index contributed by atoms with van der Waals surface area (Å²) in [6.07, 6.45) is 79.6. The van der Waals surface area contributed by atoms with Crippen LogP contribution >= 0.6 is 7.82 Å². The average molecular weight is 1070 g/mol. The Labute approximate surface area is 465 Å². The highest BCUT2D eigenvalue weighted by Gasteiger charge is 2.27. The SMILES string of the molecule is CC/C=C\C/C=C\C/C=C\C/C=C\C/C=C\C/C=C\CCC(=O)NC(COP(=O)([O-])OCC[N+](C)(C)C)C(/C=C/CCCCCCCCCCCC)OC(=O)CC/C=C\C/C=C\C/C=C\C/C=C\C/C=C\C/C=C\CC. The van der Waals surface area contributed by atoms with Crippen LogP contribution in [0, 0.1) is 0 Å². The summed E-state index contributed by atoms with van der Waals surface area (Å²) in [5.74, 6) is -0.753. The molecule has 0 aliphatic rings. The molecular weight excluding hydrogens is 964 g/mol. The summed E-state index contributed by atoms with van der Waals surface area (Å²) in [7, 11) is 1.07. The molecule has 0 rings (SSSR count). The first-order valence-electron chi connectivity index (χ1n) is 29.3. The van der Waals surface area contributed by atoms with E-state index in [4.69, 9.17) is 13.8 Å². The highest BCUT2D eigenvalue weighted by Crippen LogP contribution is 2.38. The Morgan fingerprint density at radius 1 is 0.474 bits per heavy atom. The number of phosphoric acid groups is 1. The van der Waals surface area contributed by atoms with Gasteiger partial charge in [0.2, 0.25) is 5.91 Å². The van der Waals surface area contributed by atoms with E-state index in [2.05, 4.69) is 148 Å². The maximum atomic E-state index is 13.5. The van der Waals surface area contributed by atoms with Crippen LogP contribution in [0.25, 0.3) is 0 Å². The standard InChI is InChI=1S/C66H107N2O7P/c1-7-10-13-16-19-22-25-28-30-32-34-36-38-40-43-46-49-52-55-58-65(69)67-63(62-74-76(71,72)73-61-60-68(4,5)6)64(57-54-51-48-45-42-27-24-21-18-15-12-9-3)75-66(70)59-56-53-50-47-44-41-39-37-35-33-31-29-26-23-20-17-14-11-8-2/h10-11,13-14,19-20,22-23,28-31,34-37,40-41,43-44,49-50,52-54,57,63-64H,7-9,12,15-18,21,24-27,32-33,38-39,42,45-48,51,55-56,58-62H2,1-6H3,(H-,67,69,71,72)/b13-10-,14-11-,22-19-,23-20-,30-28-,31-29-,36-34-,37-35-,43-40-,44-41-,52-49-,53-50-,57-54+. The Morgan fingerprint density at radius 3 is 1.24 bits per heavy atom. The minimum Gasteiger partial charge on any atom is -0.756 e. The lowest BCUT2D eigenvalue weighted by Crippen LogP contribution is -2.47. The fraction of sp³-hybridized carbons (Fsp3) is 0.576. The average Bonchev–Trinajstić information content (AvgIpc) is 3.38. The molecule has 0 saturated heterocycles. The van der Waals surface area contributed by atoms with Crippen molar-refractivity contribution < 1.29 is 37.3 Å². The van der Waals surface area contributed by atoms with Gasteiger partial charge in [-0.2, -0.15) is 0 Å². The molecule has 10 heteroatoms. The second-order valence-corrected chi connectivity index (χ2v) is 21.4. The van der Waals surface area contributed by atoms with Gasteiger partial charge < -0.3 is 28.5 Å². The molecule has 1 amide bonds. The number of hydrogen-bond acceptors (Lipinski definition) is 7. The van der Waals surface area contributed by atoms with Gasteiger partial charge in [0.1, 0.15) is 19.3 Å². The van der Waals surface area contributed by atoms with Crippen LogP contribution in [0.2, 0.25) is 0 Å². The number of esters is 1. The Morgan fingerprint density at radius 2 is 0.842 bits per heavy atom. The first-order valence-corrected chi connectivity index (χ1v) is 30.8. The molecule has 76 heavy (non-hydrogen) atoms. The van der Waals surface area contributed by atoms with Gasteiger partial charge in [-0.15, -0.1) is 0 Å². The van der Waals surface area contributed by atoms with E-state index in [1.54, 1.807) is 6.08 Å². The molecule has 3 unspecified atom stereocenters. The third-order valence-corrected chi connectivity index (χ3v) is 12.7. The maximum Gasteiger partial charge on any atom is 0.306 e. The highest BCUT2D eigenvalue weighted by atomic mass is 31.2. The Bertz CT molecular complexity index is 1860. The van der Waals surface area contributed by atoms with E-state index in [0.717, 1.165) is 96.3 Å². The molecule has 0 aromatic carbocycles. The minimum atomic E-state index is -4.74. The number of unbranched alkanes of at least 4 members (excludes halogenated alkanes) is 10. The Hall–Kier alpha value is -4.37. The zero-order valence-corrected chi connectivity index (χ0v) is 49.5. The summed E-state index contributed by atoms with van der Waals surface area (Å²) >= 11 is 0. The van der Waals surface area contributed by atoms with Crippen molar-refractivity contribution in [2.24, 2.45) is 0 Å². The van der Waals surface area contributed by atoms with Crippen LogP contribution in [0.3, 0.4) is 0 Å². The van der Waals surface area contributed by atoms with Crippen LogP contribution < -0.4 is 10.2 Å². The molecule has 0 aromatic heterocycles. The van der Waals surface area contributed by atoms with Gasteiger partial charge >= 0.3 is 5.97 Å². The van der Waals surface area contributed by atoms with Gasteiger partial charge in [-0.3, -0.25) is 14.2 Å². The summed E-state index contributed by atoms with van der Waals surface area (Å²) in [5, 5.41) is 2.95. The Balaban J connectivity index is 5.58. The summed E-state index contributed by atoms with van der Waals surface area (Å²) in [6.45, 7) is 6.47. The van der Waals surface area contributed by atoms with Gasteiger partial charge in [0.25, 0.3) is 7.82 Å². The van der Waals surface area contributed by atoms with E-state index < -0.39 is 32.5 Å². The number of quaternary nitrogens is 1. The monoisotopic (exact) mass is 1070 g/mol. The summed E-state index contributed by atoms with van der Waals surface area (Å²) < 4.78 is 30.1. The van der Waals surface area contributed by atoms with Crippen molar-refractivity contribution in [1.29, 1.82) is 0 Å². The van der Waals surface area contributed by atoms with Crippen LogP contribution in [-0.4, -0.2) is 69.4 Å². The highest BCUT2D eigenvalue weighted by molar-refractivity contribution is 7.45. The maximum absolute atomic E-state index is 13.5. The summed E-state index contributed by atoms with van der Waals surface area (Å²) in [5.41, 5.74) is 0. The van der Waals surface area contributed by atoms with Crippen LogP contribution in [-0.2, 0) is 27.9 Å². The van der Waals surface area contributed by atoms with Crippen molar-refractivity contribution in [3.05, 3.63) is 158 Å². The number of amides is 1. The zero-order valence-electron chi connectivity index (χ0n) is 48.6. The van der Waals surface area contributed by atoms with Crippen LogP contribution in [0.4, 0.5) is 0 Å². The summed E-state index contributed by atoms with van der Waals surface area (Å²) in [6, 6.07) is -0.971. The number of carbonyl (C=O) groups is 2. The molecule has 0 saturated carbocycles. The van der Waals surface area contributed by atoms with Crippen molar-refractivity contribution in [3.63, 3.8) is 0 Å². The molecule has 0 spiro atoms. The lowest BCUT2D eigenvalue weighted by Gasteiger charge is -2.30. The fourth-order valence-corrected chi connectivity index (χ4v) is 8.00. The van der Waals surface area contributed by atoms with E-state index in [1.807, 2.05) is 51.5 Å². The van der Waals surface area contributed by atoms with Crippen molar-refractivity contribution in [2.45, 2.75) is 206 Å². The van der Waals surface area contributed by atoms with E-state index in [1.165, 1.54) is 51.4 Å². The third-order valence-electron chi connectivity index (χ3n) is 11.7. The number of carbonyl (C=O) groups excluding carboxylic acids is 2. The number of likely N-dealkylation sites (N-methyl/N-ethyl adjacent to an activating group) is 1. The molecule has 0 aliphatic heterocycles. The lowest BCUT2D eigenvalue weighted by molar-refractivity contribution is -0.870. The molecule has 0 radical (unpaired) electrons. The predicted octanol–water partition coefficient (Wildman–Crippen LogP) is 17.4. The van der Waals surface area contributed by atoms with Crippen molar-refractivity contribution >= 4 is 19.7 Å². The lowest BCUT2D eigenvalue weighted by atomic mass is 10.1. The summed E-state index contributed by atoms with van der Waals surface area (Å²) in [4.78, 5) is 39.8. The fourth-order valence-electron chi connectivity index (χ4n) is 7.27. The number of phosphoric ester groups is 1. The topological polar surface area (TPSA) is 114 Å². The molecule has 1 N–H and O–H groups in total. The molecular formula is C66H107N2O7P. The van der Waals surface area contributed by atoms with Gasteiger partial charge in [-0.1, -0.05) is 230 Å². The zero-order chi connectivity index (χ0) is 55.7. The van der Waals surface area contributed by atoms with Crippen molar-refractivity contribution in [3.8, 4) is 0 Å². The molecule has 0 aliphatic carbocycles. The van der Waals surface area contributed by atoms with Gasteiger partial charge in [0.15, 0.2) is 0 Å². The van der Waals surface area contributed by atoms with Gasteiger partial charge in [0.05, 0.1) is 33.8 Å². The number of ether oxygens (including phenoxy) is 1. The minimum absolute atomic E-state index is 0.0565. The smallest absolute Gasteiger partial charge is 0.306 e.